The predicted octanol–water partition coefficient (Wildman–Crippen LogP) is 3.98. The van der Waals surface area contributed by atoms with E-state index in [0.717, 1.165) is 24.4 Å². The number of likely N-dealkylation sites (tertiary alicyclic amines) is 1. The molecule has 5 heteroatoms. The number of fused-ring (bicyclic) bond motifs is 2. The maximum atomic E-state index is 12.9. The summed E-state index contributed by atoms with van der Waals surface area (Å²) in [6, 6.07) is 16.1. The molecule has 0 spiro atoms. The van der Waals surface area contributed by atoms with Crippen molar-refractivity contribution in [2.24, 2.45) is 0 Å². The Morgan fingerprint density at radius 1 is 1.12 bits per heavy atom. The molecule has 2 aliphatic heterocycles. The van der Waals surface area contributed by atoms with Crippen molar-refractivity contribution in [2.75, 3.05) is 20.1 Å². The van der Waals surface area contributed by atoms with Gasteiger partial charge in [-0.15, -0.1) is 0 Å². The molecule has 2 saturated heterocycles. The van der Waals surface area contributed by atoms with E-state index in [1.54, 1.807) is 6.07 Å². The van der Waals surface area contributed by atoms with Gasteiger partial charge in [-0.1, -0.05) is 29.8 Å². The molecule has 2 fully saturated rings. The third-order valence-electron chi connectivity index (χ3n) is 5.54. The molecule has 4 rings (SSSR count). The zero-order valence-electron chi connectivity index (χ0n) is 14.9. The second kappa shape index (κ2) is 7.29. The molecule has 26 heavy (non-hydrogen) atoms. The number of likely N-dealkylation sites (N-methyl/N-ethyl adjacent to an activating group) is 1. The van der Waals surface area contributed by atoms with Crippen molar-refractivity contribution < 1.29 is 9.53 Å². The lowest BCUT2D eigenvalue weighted by molar-refractivity contribution is -0.133. The number of benzene rings is 2. The molecule has 1 amide bonds. The Balaban J connectivity index is 1.50. The minimum atomic E-state index is 0.148. The molecule has 2 atom stereocenters. The highest BCUT2D eigenvalue weighted by atomic mass is 35.5. The molecule has 2 bridgehead atoms. The van der Waals surface area contributed by atoms with Crippen LogP contribution < -0.4 is 4.74 Å². The molecule has 2 unspecified atom stereocenters. The van der Waals surface area contributed by atoms with Crippen LogP contribution in [0.4, 0.5) is 0 Å². The predicted molar refractivity (Wildman–Crippen MR) is 103 cm³/mol. The molecular weight excluding hydrogens is 348 g/mol. The molecule has 2 aromatic carbocycles. The number of hydrogen-bond acceptors (Lipinski definition) is 3. The van der Waals surface area contributed by atoms with Crippen LogP contribution in [-0.4, -0.2) is 47.9 Å². The fraction of sp³-hybridized carbons (Fsp3) is 0.381. The third kappa shape index (κ3) is 3.57. The third-order valence-corrected chi connectivity index (χ3v) is 5.77. The quantitative estimate of drug-likeness (QED) is 0.816. The fourth-order valence-electron chi connectivity index (χ4n) is 3.99. The maximum absolute atomic E-state index is 12.9. The van der Waals surface area contributed by atoms with E-state index in [1.807, 2.05) is 47.4 Å². The highest BCUT2D eigenvalue weighted by Gasteiger charge is 2.38. The number of nitrogens with zero attached hydrogens (tertiary/aromatic N) is 2. The Hall–Kier alpha value is -2.04. The van der Waals surface area contributed by atoms with Crippen LogP contribution in [0.3, 0.4) is 0 Å². The molecule has 2 aliphatic rings. The molecule has 0 aromatic heterocycles. The van der Waals surface area contributed by atoms with Gasteiger partial charge in [-0.3, -0.25) is 9.69 Å². The number of carbonyl (C=O) groups is 1. The Morgan fingerprint density at radius 2 is 1.81 bits per heavy atom. The number of para-hydroxylation sites is 1. The van der Waals surface area contributed by atoms with Gasteiger partial charge in [0.05, 0.1) is 6.42 Å². The van der Waals surface area contributed by atoms with E-state index in [0.29, 0.717) is 29.3 Å². The van der Waals surface area contributed by atoms with Crippen molar-refractivity contribution in [3.8, 4) is 11.5 Å². The summed E-state index contributed by atoms with van der Waals surface area (Å²) < 4.78 is 5.99. The van der Waals surface area contributed by atoms with Gasteiger partial charge < -0.3 is 9.64 Å². The van der Waals surface area contributed by atoms with E-state index in [9.17, 15) is 4.79 Å². The molecule has 0 aliphatic carbocycles. The largest absolute Gasteiger partial charge is 0.457 e. The van der Waals surface area contributed by atoms with Crippen LogP contribution in [0.2, 0.25) is 5.02 Å². The van der Waals surface area contributed by atoms with E-state index in [-0.39, 0.29) is 5.91 Å². The van der Waals surface area contributed by atoms with Gasteiger partial charge in [0.1, 0.15) is 11.5 Å². The van der Waals surface area contributed by atoms with Crippen LogP contribution in [0.25, 0.3) is 0 Å². The van der Waals surface area contributed by atoms with Crippen molar-refractivity contribution in [3.05, 3.63) is 59.1 Å². The SMILES string of the molecule is CN1C2CCC1CN(C(=O)Cc1cc(Cl)ccc1Oc1ccccc1)C2. The number of amides is 1. The first-order valence-corrected chi connectivity index (χ1v) is 9.49. The summed E-state index contributed by atoms with van der Waals surface area (Å²) in [5.74, 6) is 1.59. The molecule has 0 saturated carbocycles. The van der Waals surface area contributed by atoms with Crippen LogP contribution in [0.15, 0.2) is 48.5 Å². The van der Waals surface area contributed by atoms with Gasteiger partial charge >= 0.3 is 0 Å². The summed E-state index contributed by atoms with van der Waals surface area (Å²) in [6.07, 6.45) is 2.68. The molecule has 4 nitrogen and oxygen atoms in total. The van der Waals surface area contributed by atoms with E-state index in [2.05, 4.69) is 11.9 Å². The normalized spacial score (nSPS) is 22.5. The summed E-state index contributed by atoms with van der Waals surface area (Å²) in [4.78, 5) is 17.4. The van der Waals surface area contributed by atoms with Crippen LogP contribution >= 0.6 is 11.6 Å². The van der Waals surface area contributed by atoms with Crippen molar-refractivity contribution in [1.29, 1.82) is 0 Å². The van der Waals surface area contributed by atoms with E-state index < -0.39 is 0 Å². The van der Waals surface area contributed by atoms with E-state index >= 15 is 0 Å². The van der Waals surface area contributed by atoms with Crippen LogP contribution in [0, 0.1) is 0 Å². The number of piperazine rings is 1. The summed E-state index contributed by atoms with van der Waals surface area (Å²) in [5.41, 5.74) is 0.831. The topological polar surface area (TPSA) is 32.8 Å². The Bertz CT molecular complexity index is 782. The number of carbonyl (C=O) groups excluding carboxylic acids is 1. The highest BCUT2D eigenvalue weighted by molar-refractivity contribution is 6.30. The van der Waals surface area contributed by atoms with Gasteiger partial charge in [0.15, 0.2) is 0 Å². The minimum absolute atomic E-state index is 0.148. The number of halogens is 1. The second-order valence-corrected chi connectivity index (χ2v) is 7.63. The average Bonchev–Trinajstić information content (AvgIpc) is 2.85. The van der Waals surface area contributed by atoms with Gasteiger partial charge in [0.25, 0.3) is 0 Å². The van der Waals surface area contributed by atoms with Crippen LogP contribution in [-0.2, 0) is 11.2 Å². The molecule has 0 radical (unpaired) electrons. The first-order valence-electron chi connectivity index (χ1n) is 9.11. The number of hydrogen-bond donors (Lipinski definition) is 0. The van der Waals surface area contributed by atoms with E-state index in [4.69, 9.17) is 16.3 Å². The molecule has 136 valence electrons. The van der Waals surface area contributed by atoms with Crippen molar-refractivity contribution >= 4 is 17.5 Å². The van der Waals surface area contributed by atoms with Crippen molar-refractivity contribution in [2.45, 2.75) is 31.3 Å². The van der Waals surface area contributed by atoms with Crippen molar-refractivity contribution in [1.82, 2.24) is 9.80 Å². The van der Waals surface area contributed by atoms with Crippen molar-refractivity contribution in [3.63, 3.8) is 0 Å². The second-order valence-electron chi connectivity index (χ2n) is 7.19. The highest BCUT2D eigenvalue weighted by Crippen LogP contribution is 2.31. The zero-order chi connectivity index (χ0) is 18.1. The lowest BCUT2D eigenvalue weighted by Crippen LogP contribution is -2.54. The minimum Gasteiger partial charge on any atom is -0.457 e. The fourth-order valence-corrected chi connectivity index (χ4v) is 4.19. The molecule has 0 N–H and O–H groups in total. The van der Waals surface area contributed by atoms with E-state index in [1.165, 1.54) is 12.8 Å². The van der Waals surface area contributed by atoms with Gasteiger partial charge in [-0.05, 0) is 50.2 Å². The lowest BCUT2D eigenvalue weighted by Gasteiger charge is -2.39. The first-order chi connectivity index (χ1) is 12.6. The van der Waals surface area contributed by atoms with Crippen LogP contribution in [0.1, 0.15) is 18.4 Å². The first kappa shape index (κ1) is 17.4. The molecular formula is C21H23ClN2O2. The summed E-state index contributed by atoms with van der Waals surface area (Å²) in [7, 11) is 2.17. The summed E-state index contributed by atoms with van der Waals surface area (Å²) in [5, 5.41) is 0.617. The Morgan fingerprint density at radius 3 is 2.50 bits per heavy atom. The lowest BCUT2D eigenvalue weighted by atomic mass is 10.1. The van der Waals surface area contributed by atoms with Gasteiger partial charge in [-0.25, -0.2) is 0 Å². The maximum Gasteiger partial charge on any atom is 0.227 e. The molecule has 2 heterocycles. The monoisotopic (exact) mass is 370 g/mol. The summed E-state index contributed by atoms with van der Waals surface area (Å²) >= 11 is 6.18. The average molecular weight is 371 g/mol. The number of ether oxygens (including phenoxy) is 1. The van der Waals surface area contributed by atoms with Crippen LogP contribution in [0.5, 0.6) is 11.5 Å². The van der Waals surface area contributed by atoms with Gasteiger partial charge in [0, 0.05) is 35.8 Å². The zero-order valence-corrected chi connectivity index (χ0v) is 15.7. The van der Waals surface area contributed by atoms with Gasteiger partial charge in [-0.2, -0.15) is 0 Å². The van der Waals surface area contributed by atoms with Gasteiger partial charge in [0.2, 0.25) is 5.91 Å². The summed E-state index contributed by atoms with van der Waals surface area (Å²) in [6.45, 7) is 1.64. The standard InChI is InChI=1S/C21H23ClN2O2/c1-23-17-8-9-18(23)14-24(13-17)21(25)12-15-11-16(22)7-10-20(15)26-19-5-3-2-4-6-19/h2-7,10-11,17-18H,8-9,12-14H2,1H3. The number of rotatable bonds is 4. The smallest absolute Gasteiger partial charge is 0.227 e. The Kier molecular flexibility index (Phi) is 4.88. The molecule has 2 aromatic rings. The Labute approximate surface area is 159 Å².